The van der Waals surface area contributed by atoms with Gasteiger partial charge in [0.25, 0.3) is 0 Å². The lowest BCUT2D eigenvalue weighted by Gasteiger charge is -2.43. The van der Waals surface area contributed by atoms with Gasteiger partial charge in [-0.25, -0.2) is 14.1 Å². The first-order valence-corrected chi connectivity index (χ1v) is 16.5. The van der Waals surface area contributed by atoms with Crippen LogP contribution in [0.5, 0.6) is 5.75 Å². The molecule has 4 heterocycles. The van der Waals surface area contributed by atoms with Crippen LogP contribution in [0.3, 0.4) is 0 Å². The van der Waals surface area contributed by atoms with Crippen molar-refractivity contribution < 1.29 is 42.8 Å². The fourth-order valence-corrected chi connectivity index (χ4v) is 7.10. The molecule has 0 unspecified atom stereocenters. The maximum Gasteiger partial charge on any atom is 0.459 e. The Kier molecular flexibility index (Phi) is 10.1. The molecule has 2 saturated heterocycles. The van der Waals surface area contributed by atoms with E-state index in [1.807, 2.05) is 26.8 Å². The number of esters is 1. The second-order valence-corrected chi connectivity index (χ2v) is 13.0. The number of aliphatic hydroxyl groups excluding tert-OH is 2. The van der Waals surface area contributed by atoms with Crippen LogP contribution in [0, 0.1) is 18.8 Å². The highest BCUT2D eigenvalue weighted by Gasteiger charge is 2.62. The van der Waals surface area contributed by atoms with E-state index >= 15 is 0 Å². The number of aromatic nitrogens is 3. The van der Waals surface area contributed by atoms with E-state index in [1.54, 1.807) is 40.9 Å². The Morgan fingerprint density at radius 2 is 1.91 bits per heavy atom. The average molecular weight is 633 g/mol. The minimum Gasteiger partial charge on any atom is -0.464 e. The van der Waals surface area contributed by atoms with Gasteiger partial charge in [0.15, 0.2) is 0 Å². The third kappa shape index (κ3) is 6.41. The molecule has 0 spiro atoms. The van der Waals surface area contributed by atoms with Crippen molar-refractivity contribution in [3.05, 3.63) is 60.2 Å². The zero-order valence-corrected chi connectivity index (χ0v) is 26.3. The number of para-hydroxylation sites is 1. The molecule has 240 valence electrons. The zero-order chi connectivity index (χ0) is 31.5. The second-order valence-electron chi connectivity index (χ2n) is 11.3. The van der Waals surface area contributed by atoms with Gasteiger partial charge in [-0.1, -0.05) is 44.9 Å². The lowest BCUT2D eigenvalue weighted by Crippen LogP contribution is -2.54. The number of hydrogen-bond acceptors (Lipinski definition) is 11. The summed E-state index contributed by atoms with van der Waals surface area (Å²) in [5.41, 5.74) is 0.581. The second kappa shape index (κ2) is 13.6. The van der Waals surface area contributed by atoms with Crippen molar-refractivity contribution in [2.45, 2.75) is 70.5 Å². The predicted molar refractivity (Wildman–Crippen MR) is 159 cm³/mol. The van der Waals surface area contributed by atoms with Crippen molar-refractivity contribution >= 4 is 19.2 Å². The van der Waals surface area contributed by atoms with Crippen LogP contribution in [0.2, 0.25) is 0 Å². The standard InChI is InChI=1S/C30H41N4O9P/c1-5-21(6-2)14-40-29(37)20(4)33-44(38,43-23-10-8-7-9-11-23)41-17-25-27(35)28(36)30(42-25,22-15-39-16-22)26-13-12-24-19(3)31-18-32-34(24)26/h7-13,18,20-22,25,27-28,35-36H,5-6,14-17H2,1-4H3,(H,33,38)/t20-,25+,27+,28+,30-,44-/m0/s1. The minimum atomic E-state index is -4.25. The van der Waals surface area contributed by atoms with Gasteiger partial charge in [0, 0.05) is 5.92 Å². The van der Waals surface area contributed by atoms with Crippen LogP contribution >= 0.6 is 7.75 Å². The van der Waals surface area contributed by atoms with Gasteiger partial charge in [0.1, 0.15) is 42.0 Å². The molecule has 0 bridgehead atoms. The van der Waals surface area contributed by atoms with Gasteiger partial charge >= 0.3 is 13.7 Å². The molecule has 0 amide bonds. The van der Waals surface area contributed by atoms with E-state index < -0.39 is 50.3 Å². The maximum atomic E-state index is 14.1. The van der Waals surface area contributed by atoms with E-state index in [2.05, 4.69) is 15.2 Å². The SMILES string of the molecule is CCC(CC)COC(=O)[C@H](C)N[P@](=O)(OC[C@H]1O[C@](c2ccc3c(C)ncnn23)(C2COC2)[C@H](O)[C@@H]1O)Oc1ccccc1. The molecule has 2 aromatic heterocycles. The van der Waals surface area contributed by atoms with Crippen LogP contribution in [0.1, 0.15) is 45.0 Å². The molecule has 3 aromatic rings. The molecule has 1 aromatic carbocycles. The molecule has 6 atom stereocenters. The Bertz CT molecular complexity index is 1470. The molecule has 2 aliphatic heterocycles. The molecule has 0 aliphatic carbocycles. The number of hydrogen-bond donors (Lipinski definition) is 3. The Morgan fingerprint density at radius 1 is 1.18 bits per heavy atom. The molecule has 0 radical (unpaired) electrons. The number of nitrogens with zero attached hydrogens (tertiary/aromatic N) is 3. The average Bonchev–Trinajstić information content (AvgIpc) is 3.53. The number of carbonyl (C=O) groups excluding carboxylic acids is 1. The first-order valence-electron chi connectivity index (χ1n) is 15.0. The van der Waals surface area contributed by atoms with Crippen LogP contribution in [0.15, 0.2) is 48.8 Å². The van der Waals surface area contributed by atoms with Crippen molar-refractivity contribution in [2.24, 2.45) is 11.8 Å². The quantitative estimate of drug-likeness (QED) is 0.176. The van der Waals surface area contributed by atoms with Crippen LogP contribution in [-0.4, -0.2) is 81.6 Å². The molecule has 3 N–H and O–H groups in total. The molecular formula is C30H41N4O9P. The number of aliphatic hydroxyl groups is 2. The molecular weight excluding hydrogens is 591 g/mol. The molecule has 14 heteroatoms. The predicted octanol–water partition coefficient (Wildman–Crippen LogP) is 3.16. The lowest BCUT2D eigenvalue weighted by atomic mass is 9.78. The largest absolute Gasteiger partial charge is 0.464 e. The molecule has 2 aliphatic rings. The Labute approximate surface area is 256 Å². The summed E-state index contributed by atoms with van der Waals surface area (Å²) in [6.45, 7) is 7.80. The number of ether oxygens (including phenoxy) is 3. The summed E-state index contributed by atoms with van der Waals surface area (Å²) in [5, 5.41) is 29.8. The van der Waals surface area contributed by atoms with Crippen LogP contribution in [0.4, 0.5) is 0 Å². The highest BCUT2D eigenvalue weighted by Crippen LogP contribution is 2.50. The van der Waals surface area contributed by atoms with Crippen LogP contribution in [0.25, 0.3) is 5.52 Å². The number of benzene rings is 1. The van der Waals surface area contributed by atoms with Gasteiger partial charge in [-0.15, -0.1) is 0 Å². The Balaban J connectivity index is 1.37. The van der Waals surface area contributed by atoms with E-state index in [1.165, 1.54) is 13.3 Å². The topological polar surface area (TPSA) is 163 Å². The normalized spacial score (nSPS) is 25.9. The van der Waals surface area contributed by atoms with Gasteiger partial charge in [0.05, 0.1) is 43.3 Å². The third-order valence-electron chi connectivity index (χ3n) is 8.48. The van der Waals surface area contributed by atoms with E-state index in [4.69, 9.17) is 23.3 Å². The van der Waals surface area contributed by atoms with Gasteiger partial charge in [-0.05, 0) is 44.0 Å². The number of fused-ring (bicyclic) bond motifs is 1. The summed E-state index contributed by atoms with van der Waals surface area (Å²) < 4.78 is 44.7. The fourth-order valence-electron chi connectivity index (χ4n) is 5.60. The lowest BCUT2D eigenvalue weighted by molar-refractivity contribution is -0.204. The van der Waals surface area contributed by atoms with Crippen molar-refractivity contribution in [3.8, 4) is 5.75 Å². The first kappa shape index (κ1) is 32.5. The number of carbonyl (C=O) groups is 1. The van der Waals surface area contributed by atoms with Crippen LogP contribution < -0.4 is 9.61 Å². The summed E-state index contributed by atoms with van der Waals surface area (Å²) in [5.74, 6) is -0.451. The number of aryl methyl sites for hydroxylation is 1. The summed E-state index contributed by atoms with van der Waals surface area (Å²) in [7, 11) is -4.25. The smallest absolute Gasteiger partial charge is 0.459 e. The number of nitrogens with one attached hydrogen (secondary N) is 1. The molecule has 0 saturated carbocycles. The molecule has 2 fully saturated rings. The summed E-state index contributed by atoms with van der Waals surface area (Å²) in [6.07, 6.45) is -0.795. The summed E-state index contributed by atoms with van der Waals surface area (Å²) in [4.78, 5) is 17.0. The Hall–Kier alpha value is -2.90. The van der Waals surface area contributed by atoms with Crippen molar-refractivity contribution in [3.63, 3.8) is 0 Å². The summed E-state index contributed by atoms with van der Waals surface area (Å²) in [6, 6.07) is 11.0. The van der Waals surface area contributed by atoms with E-state index in [9.17, 15) is 19.6 Å². The van der Waals surface area contributed by atoms with Gasteiger partial charge < -0.3 is 28.9 Å². The minimum absolute atomic E-state index is 0.219. The monoisotopic (exact) mass is 632 g/mol. The zero-order valence-electron chi connectivity index (χ0n) is 25.4. The highest BCUT2D eigenvalue weighted by atomic mass is 31.2. The molecule has 13 nitrogen and oxygen atoms in total. The van der Waals surface area contributed by atoms with Gasteiger partial charge in [-0.3, -0.25) is 9.32 Å². The van der Waals surface area contributed by atoms with Crippen molar-refractivity contribution in [1.82, 2.24) is 19.7 Å². The molecule has 5 rings (SSSR count). The van der Waals surface area contributed by atoms with E-state index in [0.717, 1.165) is 24.1 Å². The van der Waals surface area contributed by atoms with Gasteiger partial charge in [-0.2, -0.15) is 10.2 Å². The fraction of sp³-hybridized carbons (Fsp3) is 0.567. The third-order valence-corrected chi connectivity index (χ3v) is 10.1. The van der Waals surface area contributed by atoms with Crippen LogP contribution in [-0.2, 0) is 33.7 Å². The van der Waals surface area contributed by atoms with E-state index in [-0.39, 0.29) is 24.2 Å². The number of rotatable bonds is 14. The Morgan fingerprint density at radius 3 is 2.57 bits per heavy atom. The van der Waals surface area contributed by atoms with E-state index in [0.29, 0.717) is 18.9 Å². The molecule has 44 heavy (non-hydrogen) atoms. The van der Waals surface area contributed by atoms with Gasteiger partial charge in [0.2, 0.25) is 0 Å². The summed E-state index contributed by atoms with van der Waals surface area (Å²) >= 11 is 0. The highest BCUT2D eigenvalue weighted by molar-refractivity contribution is 7.52. The maximum absolute atomic E-state index is 14.1. The first-order chi connectivity index (χ1) is 21.1. The van der Waals surface area contributed by atoms with Crippen molar-refractivity contribution in [2.75, 3.05) is 26.4 Å². The van der Waals surface area contributed by atoms with Crippen molar-refractivity contribution in [1.29, 1.82) is 0 Å².